The molecule has 2 saturated heterocycles. The molecule has 3 fully saturated rings. The molecule has 1 saturated carbocycles. The summed E-state index contributed by atoms with van der Waals surface area (Å²) in [7, 11) is 0. The van der Waals surface area contributed by atoms with E-state index in [0.717, 1.165) is 49.7 Å². The van der Waals surface area contributed by atoms with E-state index in [0.29, 0.717) is 18.9 Å². The standard InChI is InChI=1S/C35H41NO4/c1-22(2)28-20-29-33(35(39)36(34(29)38)26-13-7-4-8-14-26)30-21-40-31(32(28)30)17-16-25(24-11-5-3-6-12-24)18-23-10-9-15-27(37)19-23/h3,5-6,9-12,15,18-19,22,26,29-31,33,37H,4,7-8,13-14,16-17,20-21H2,1-2H3/b25-18-/t29-,30+,31-,33-/m1/s1. The first-order valence-electron chi connectivity index (χ1n) is 15.2. The Morgan fingerprint density at radius 3 is 2.50 bits per heavy atom. The second-order valence-electron chi connectivity index (χ2n) is 12.4. The molecular weight excluding hydrogens is 498 g/mol. The van der Waals surface area contributed by atoms with Crippen LogP contribution < -0.4 is 0 Å². The summed E-state index contributed by atoms with van der Waals surface area (Å²) in [6.07, 6.45) is 9.71. The summed E-state index contributed by atoms with van der Waals surface area (Å²) in [4.78, 5) is 29.2. The minimum Gasteiger partial charge on any atom is -0.508 e. The van der Waals surface area contributed by atoms with Crippen molar-refractivity contribution in [1.29, 1.82) is 0 Å². The predicted molar refractivity (Wildman–Crippen MR) is 157 cm³/mol. The number of likely N-dealkylation sites (tertiary alicyclic amines) is 1. The molecule has 1 N–H and O–H groups in total. The molecule has 40 heavy (non-hydrogen) atoms. The highest BCUT2D eigenvalue weighted by atomic mass is 16.5. The van der Waals surface area contributed by atoms with Crippen LogP contribution in [0.25, 0.3) is 11.6 Å². The Labute approximate surface area is 237 Å². The van der Waals surface area contributed by atoms with Crippen LogP contribution in [0.2, 0.25) is 0 Å². The molecule has 2 aliphatic heterocycles. The van der Waals surface area contributed by atoms with Crippen molar-refractivity contribution < 1.29 is 19.4 Å². The van der Waals surface area contributed by atoms with Crippen molar-refractivity contribution >= 4 is 23.5 Å². The van der Waals surface area contributed by atoms with E-state index in [4.69, 9.17) is 4.74 Å². The number of aromatic hydroxyl groups is 1. The van der Waals surface area contributed by atoms with Gasteiger partial charge in [-0.1, -0.05) is 87.2 Å². The van der Waals surface area contributed by atoms with Crippen LogP contribution in [-0.4, -0.2) is 40.6 Å². The minimum absolute atomic E-state index is 0.00131. The largest absolute Gasteiger partial charge is 0.508 e. The van der Waals surface area contributed by atoms with E-state index in [1.165, 1.54) is 23.1 Å². The Kier molecular flexibility index (Phi) is 7.67. The number of rotatable bonds is 7. The first-order valence-corrected chi connectivity index (χ1v) is 15.2. The summed E-state index contributed by atoms with van der Waals surface area (Å²) in [6, 6.07) is 17.8. The monoisotopic (exact) mass is 539 g/mol. The first-order chi connectivity index (χ1) is 19.4. The van der Waals surface area contributed by atoms with E-state index >= 15 is 0 Å². The van der Waals surface area contributed by atoms with Gasteiger partial charge in [-0.15, -0.1) is 0 Å². The molecular formula is C35H41NO4. The zero-order valence-electron chi connectivity index (χ0n) is 23.7. The van der Waals surface area contributed by atoms with E-state index in [2.05, 4.69) is 44.2 Å². The Morgan fingerprint density at radius 1 is 1.00 bits per heavy atom. The highest BCUT2D eigenvalue weighted by Crippen LogP contribution is 2.52. The number of hydrogen-bond donors (Lipinski definition) is 1. The molecule has 6 rings (SSSR count). The second kappa shape index (κ2) is 11.4. The number of ether oxygens (including phenoxy) is 1. The Hall–Kier alpha value is -3.18. The van der Waals surface area contributed by atoms with Gasteiger partial charge in [0.25, 0.3) is 0 Å². The van der Waals surface area contributed by atoms with Crippen LogP contribution in [0.1, 0.15) is 76.3 Å². The Morgan fingerprint density at radius 2 is 1.77 bits per heavy atom. The van der Waals surface area contributed by atoms with Gasteiger partial charge in [-0.25, -0.2) is 0 Å². The molecule has 0 unspecified atom stereocenters. The zero-order valence-corrected chi connectivity index (χ0v) is 23.7. The van der Waals surface area contributed by atoms with E-state index in [1.54, 1.807) is 17.0 Å². The third-order valence-electron chi connectivity index (χ3n) is 9.65. The highest BCUT2D eigenvalue weighted by molar-refractivity contribution is 6.06. The first kappa shape index (κ1) is 27.0. The number of allylic oxidation sites excluding steroid dienone is 2. The fourth-order valence-electron chi connectivity index (χ4n) is 7.74. The van der Waals surface area contributed by atoms with Crippen molar-refractivity contribution in [2.24, 2.45) is 23.7 Å². The van der Waals surface area contributed by atoms with Crippen molar-refractivity contribution in [3.63, 3.8) is 0 Å². The van der Waals surface area contributed by atoms with Gasteiger partial charge in [-0.3, -0.25) is 14.5 Å². The minimum atomic E-state index is -0.270. The van der Waals surface area contributed by atoms with Gasteiger partial charge in [0.1, 0.15) is 5.75 Å². The molecule has 5 heteroatoms. The lowest BCUT2D eigenvalue weighted by Crippen LogP contribution is -2.42. The lowest BCUT2D eigenvalue weighted by atomic mass is 9.67. The molecule has 0 spiro atoms. The summed E-state index contributed by atoms with van der Waals surface area (Å²) in [5.41, 5.74) is 5.94. The maximum atomic E-state index is 13.9. The number of amides is 2. The number of imide groups is 1. The van der Waals surface area contributed by atoms with Crippen LogP contribution in [0, 0.1) is 23.7 Å². The molecule has 5 nitrogen and oxygen atoms in total. The molecule has 0 aromatic heterocycles. The maximum Gasteiger partial charge on any atom is 0.234 e. The van der Waals surface area contributed by atoms with Crippen molar-refractivity contribution in [3.05, 3.63) is 76.9 Å². The van der Waals surface area contributed by atoms with Gasteiger partial charge in [0, 0.05) is 12.0 Å². The maximum absolute atomic E-state index is 13.9. The smallest absolute Gasteiger partial charge is 0.234 e. The Bertz CT molecular complexity index is 1320. The van der Waals surface area contributed by atoms with Crippen LogP contribution in [0.4, 0.5) is 0 Å². The summed E-state index contributed by atoms with van der Waals surface area (Å²) < 4.78 is 6.50. The van der Waals surface area contributed by atoms with Crippen molar-refractivity contribution in [2.45, 2.75) is 77.4 Å². The molecule has 4 atom stereocenters. The van der Waals surface area contributed by atoms with Gasteiger partial charge in [0.15, 0.2) is 0 Å². The van der Waals surface area contributed by atoms with Crippen molar-refractivity contribution in [3.8, 4) is 5.75 Å². The summed E-state index contributed by atoms with van der Waals surface area (Å²) in [6.45, 7) is 4.95. The van der Waals surface area contributed by atoms with E-state index in [1.807, 2.05) is 18.2 Å². The normalized spacial score (nSPS) is 27.5. The highest BCUT2D eigenvalue weighted by Gasteiger charge is 2.58. The number of nitrogens with zero attached hydrogens (tertiary/aromatic N) is 1. The van der Waals surface area contributed by atoms with Crippen LogP contribution in [0.5, 0.6) is 5.75 Å². The Balaban J connectivity index is 1.27. The van der Waals surface area contributed by atoms with Crippen molar-refractivity contribution in [2.75, 3.05) is 6.61 Å². The fraction of sp³-hybridized carbons (Fsp3) is 0.486. The van der Waals surface area contributed by atoms with Crippen LogP contribution in [0.15, 0.2) is 65.7 Å². The van der Waals surface area contributed by atoms with Crippen LogP contribution in [0.3, 0.4) is 0 Å². The van der Waals surface area contributed by atoms with Gasteiger partial charge in [-0.2, -0.15) is 0 Å². The number of benzene rings is 2. The summed E-state index contributed by atoms with van der Waals surface area (Å²) in [5, 5.41) is 10.0. The van der Waals surface area contributed by atoms with Gasteiger partial charge in [0.05, 0.1) is 24.5 Å². The number of carbonyl (C=O) groups excluding carboxylic acids is 2. The van der Waals surface area contributed by atoms with E-state index in [9.17, 15) is 14.7 Å². The number of phenolic OH excluding ortho intramolecular Hbond substituents is 1. The van der Waals surface area contributed by atoms with Gasteiger partial charge in [-0.05, 0) is 72.4 Å². The number of fused-ring (bicyclic) bond motifs is 3. The second-order valence-corrected chi connectivity index (χ2v) is 12.4. The molecule has 2 aromatic carbocycles. The molecule has 2 heterocycles. The number of phenols is 1. The van der Waals surface area contributed by atoms with E-state index < -0.39 is 0 Å². The average molecular weight is 540 g/mol. The zero-order chi connectivity index (χ0) is 27.8. The van der Waals surface area contributed by atoms with Crippen molar-refractivity contribution in [1.82, 2.24) is 4.90 Å². The predicted octanol–water partition coefficient (Wildman–Crippen LogP) is 7.02. The van der Waals surface area contributed by atoms with E-state index in [-0.39, 0.29) is 47.5 Å². The molecule has 210 valence electrons. The lowest BCUT2D eigenvalue weighted by molar-refractivity contribution is -0.143. The summed E-state index contributed by atoms with van der Waals surface area (Å²) >= 11 is 0. The summed E-state index contributed by atoms with van der Waals surface area (Å²) in [5.74, 6) is 0.201. The molecule has 2 aliphatic carbocycles. The average Bonchev–Trinajstić information content (AvgIpc) is 3.49. The molecule has 2 amide bonds. The quantitative estimate of drug-likeness (QED) is 0.233. The molecule has 0 bridgehead atoms. The topological polar surface area (TPSA) is 66.8 Å². The van der Waals surface area contributed by atoms with Crippen LogP contribution in [-0.2, 0) is 14.3 Å². The molecule has 2 aromatic rings. The van der Waals surface area contributed by atoms with Gasteiger partial charge >= 0.3 is 0 Å². The number of carbonyl (C=O) groups is 2. The fourth-order valence-corrected chi connectivity index (χ4v) is 7.74. The van der Waals surface area contributed by atoms with Crippen LogP contribution >= 0.6 is 0 Å². The lowest BCUT2D eigenvalue weighted by Gasteiger charge is -2.33. The third-order valence-corrected chi connectivity index (χ3v) is 9.65. The SMILES string of the molecule is CC(C)C1=C2[C@@H](CC/C(=C/c3cccc(O)c3)c3ccccc3)OC[C@@H]2[C@@H]2C(=O)N(C3CCCCC3)C(=O)[C@@H]2C1. The number of hydrogen-bond acceptors (Lipinski definition) is 4. The third kappa shape index (κ3) is 5.05. The molecule has 4 aliphatic rings. The van der Waals surface area contributed by atoms with Gasteiger partial charge in [0.2, 0.25) is 11.8 Å². The molecule has 0 radical (unpaired) electrons. The van der Waals surface area contributed by atoms with Gasteiger partial charge < -0.3 is 9.84 Å².